The molecule has 17 heavy (non-hydrogen) atoms. The standard InChI is InChI=1S/C8H10NO.F6P/c1-7-3-5-9(6-4-7)8(2)10;1-7(2,3,4,5)6/h3-6H,1-2H3;/q+1;-1. The molecule has 0 aliphatic carbocycles. The number of hydrogen-bond acceptors (Lipinski definition) is 1. The minimum atomic E-state index is -10.7. The summed E-state index contributed by atoms with van der Waals surface area (Å²) in [6.45, 7) is 3.53. The van der Waals surface area contributed by atoms with Crippen LogP contribution in [0.3, 0.4) is 0 Å². The van der Waals surface area contributed by atoms with Crippen molar-refractivity contribution in [1.82, 2.24) is 0 Å². The first-order chi connectivity index (χ1) is 7.15. The quantitative estimate of drug-likeness (QED) is 0.394. The Morgan fingerprint density at radius 1 is 1.06 bits per heavy atom. The van der Waals surface area contributed by atoms with Crippen molar-refractivity contribution >= 4 is 13.7 Å². The summed E-state index contributed by atoms with van der Waals surface area (Å²) >= 11 is 0. The Balaban J connectivity index is 0.000000325. The third-order valence-electron chi connectivity index (χ3n) is 1.36. The fraction of sp³-hybridized carbons (Fsp3) is 0.250. The van der Waals surface area contributed by atoms with Gasteiger partial charge < -0.3 is 0 Å². The summed E-state index contributed by atoms with van der Waals surface area (Å²) in [7, 11) is -10.7. The van der Waals surface area contributed by atoms with Crippen molar-refractivity contribution in [3.63, 3.8) is 0 Å². The fourth-order valence-electron chi connectivity index (χ4n) is 0.711. The zero-order valence-electron chi connectivity index (χ0n) is 8.88. The Morgan fingerprint density at radius 2 is 1.35 bits per heavy atom. The number of pyridine rings is 1. The molecule has 1 heterocycles. The van der Waals surface area contributed by atoms with E-state index < -0.39 is 7.81 Å². The van der Waals surface area contributed by atoms with Crippen LogP contribution in [0.4, 0.5) is 25.2 Å². The summed E-state index contributed by atoms with van der Waals surface area (Å²) in [6, 6.07) is 3.81. The van der Waals surface area contributed by atoms with Gasteiger partial charge in [-0.15, -0.1) is 4.57 Å². The average molecular weight is 281 g/mol. The van der Waals surface area contributed by atoms with Gasteiger partial charge in [0.2, 0.25) is 0 Å². The van der Waals surface area contributed by atoms with Crippen LogP contribution in [0.1, 0.15) is 17.3 Å². The fourth-order valence-corrected chi connectivity index (χ4v) is 0.711. The number of halogens is 6. The number of aromatic nitrogens is 1. The van der Waals surface area contributed by atoms with Crippen LogP contribution in [-0.4, -0.2) is 5.91 Å². The summed E-state index contributed by atoms with van der Waals surface area (Å²) in [6.07, 6.45) is 3.52. The number of carbonyl (C=O) groups is 1. The van der Waals surface area contributed by atoms with Crippen molar-refractivity contribution in [3.05, 3.63) is 30.1 Å². The van der Waals surface area contributed by atoms with Gasteiger partial charge in [-0.2, -0.15) is 0 Å². The van der Waals surface area contributed by atoms with Crippen molar-refractivity contribution in [2.24, 2.45) is 0 Å². The van der Waals surface area contributed by atoms with Crippen molar-refractivity contribution in [2.45, 2.75) is 13.8 Å². The third-order valence-corrected chi connectivity index (χ3v) is 1.36. The molecule has 100 valence electrons. The van der Waals surface area contributed by atoms with E-state index in [0.717, 1.165) is 5.56 Å². The SMILES string of the molecule is CC(=O)[n+]1ccc(C)cc1.F[P-](F)(F)(F)(F)F. The van der Waals surface area contributed by atoms with Crippen LogP contribution in [0.2, 0.25) is 0 Å². The molecule has 1 aromatic rings. The molecule has 0 bridgehead atoms. The molecule has 2 nitrogen and oxygen atoms in total. The Morgan fingerprint density at radius 3 is 1.59 bits per heavy atom. The first-order valence-electron chi connectivity index (χ1n) is 4.20. The third kappa shape index (κ3) is 14.8. The van der Waals surface area contributed by atoms with Gasteiger partial charge >= 0.3 is 38.9 Å². The van der Waals surface area contributed by atoms with Crippen LogP contribution in [0, 0.1) is 6.92 Å². The van der Waals surface area contributed by atoms with Crippen LogP contribution < -0.4 is 4.57 Å². The molecule has 1 rings (SSSR count). The first-order valence-corrected chi connectivity index (χ1v) is 6.23. The molecule has 0 fully saturated rings. The Hall–Kier alpha value is -1.17. The summed E-state index contributed by atoms with van der Waals surface area (Å²) in [4.78, 5) is 10.7. The van der Waals surface area contributed by atoms with Gasteiger partial charge in [0.15, 0.2) is 12.4 Å². The molecule has 0 unspecified atom stereocenters. The summed E-state index contributed by atoms with van der Waals surface area (Å²) in [5.41, 5.74) is 1.16. The van der Waals surface area contributed by atoms with Crippen LogP contribution in [0.25, 0.3) is 0 Å². The van der Waals surface area contributed by atoms with Crippen molar-refractivity contribution in [3.8, 4) is 0 Å². The Bertz CT molecular complexity index is 397. The number of hydrogen-bond donors (Lipinski definition) is 0. The maximum atomic E-state index is 10.7. The molecule has 0 spiro atoms. The van der Waals surface area contributed by atoms with Crippen molar-refractivity contribution in [2.75, 3.05) is 0 Å². The van der Waals surface area contributed by atoms with E-state index in [1.54, 1.807) is 17.0 Å². The molecule has 0 saturated heterocycles. The van der Waals surface area contributed by atoms with Crippen LogP contribution >= 0.6 is 7.81 Å². The van der Waals surface area contributed by atoms with Gasteiger partial charge in [0.1, 0.15) is 0 Å². The molecule has 0 saturated carbocycles. The Kier molecular flexibility index (Phi) is 3.67. The van der Waals surface area contributed by atoms with Gasteiger partial charge in [0.05, 0.1) is 6.92 Å². The van der Waals surface area contributed by atoms with Gasteiger partial charge in [0.25, 0.3) is 0 Å². The number of aryl methyl sites for hydroxylation is 1. The second-order valence-electron chi connectivity index (χ2n) is 3.26. The second-order valence-corrected chi connectivity index (χ2v) is 5.18. The van der Waals surface area contributed by atoms with Gasteiger partial charge in [-0.05, 0) is 12.5 Å². The van der Waals surface area contributed by atoms with E-state index in [2.05, 4.69) is 0 Å². The molecule has 0 atom stereocenters. The van der Waals surface area contributed by atoms with Gasteiger partial charge in [-0.25, -0.2) is 4.79 Å². The summed E-state index contributed by atoms with van der Waals surface area (Å²) < 4.78 is 60.7. The van der Waals surface area contributed by atoms with E-state index in [9.17, 15) is 30.0 Å². The second kappa shape index (κ2) is 3.94. The van der Waals surface area contributed by atoms with E-state index in [4.69, 9.17) is 0 Å². The van der Waals surface area contributed by atoms with E-state index >= 15 is 0 Å². The number of carbonyl (C=O) groups excluding carboxylic acids is 1. The van der Waals surface area contributed by atoms with E-state index in [0.29, 0.717) is 0 Å². The van der Waals surface area contributed by atoms with Crippen molar-refractivity contribution < 1.29 is 34.5 Å². The van der Waals surface area contributed by atoms with Crippen LogP contribution in [0.15, 0.2) is 24.5 Å². The molecule has 0 aromatic carbocycles. The molecule has 0 aliphatic heterocycles. The zero-order chi connectivity index (χ0) is 14.0. The molecular formula is C8H10F6NOP. The Labute approximate surface area is 93.1 Å². The molecule has 1 aromatic heterocycles. The number of rotatable bonds is 0. The molecule has 9 heteroatoms. The van der Waals surface area contributed by atoms with E-state index in [1.807, 2.05) is 19.1 Å². The molecule has 0 radical (unpaired) electrons. The van der Waals surface area contributed by atoms with Crippen LogP contribution in [-0.2, 0) is 0 Å². The summed E-state index contributed by atoms with van der Waals surface area (Å²) in [5, 5.41) is 0. The van der Waals surface area contributed by atoms with Crippen LogP contribution in [0.5, 0.6) is 0 Å². The number of nitrogens with zero attached hydrogens (tertiary/aromatic N) is 1. The molecular weight excluding hydrogens is 271 g/mol. The molecule has 0 N–H and O–H groups in total. The zero-order valence-corrected chi connectivity index (χ0v) is 9.77. The molecule has 0 aliphatic rings. The average Bonchev–Trinajstić information content (AvgIpc) is 1.98. The molecule has 0 amide bonds. The van der Waals surface area contributed by atoms with Gasteiger partial charge in [-0.3, -0.25) is 0 Å². The topological polar surface area (TPSA) is 20.9 Å². The summed E-state index contributed by atoms with van der Waals surface area (Å²) in [5.74, 6) is 0.0417. The monoisotopic (exact) mass is 281 g/mol. The minimum absolute atomic E-state index is 0.0417. The van der Waals surface area contributed by atoms with Crippen molar-refractivity contribution in [1.29, 1.82) is 0 Å². The normalized spacial score (nSPS) is 15.1. The maximum absolute atomic E-state index is 10.7. The van der Waals surface area contributed by atoms with E-state index in [-0.39, 0.29) is 5.91 Å². The predicted molar refractivity (Wildman–Crippen MR) is 51.2 cm³/mol. The van der Waals surface area contributed by atoms with Gasteiger partial charge in [0, 0.05) is 12.1 Å². The van der Waals surface area contributed by atoms with Gasteiger partial charge in [-0.1, -0.05) is 0 Å². The van der Waals surface area contributed by atoms with E-state index in [1.165, 1.54) is 6.92 Å². The first kappa shape index (κ1) is 15.8. The predicted octanol–water partition coefficient (Wildman–Crippen LogP) is 4.33.